The molecule has 2 rings (SSSR count). The van der Waals surface area contributed by atoms with Crippen molar-refractivity contribution in [3.8, 4) is 0 Å². The Morgan fingerprint density at radius 2 is 2.33 bits per heavy atom. The molecule has 1 saturated heterocycles. The first-order valence-corrected chi connectivity index (χ1v) is 5.47. The number of anilines is 1. The molecule has 0 amide bonds. The van der Waals surface area contributed by atoms with Gasteiger partial charge in [0.15, 0.2) is 0 Å². The van der Waals surface area contributed by atoms with Crippen molar-refractivity contribution in [2.45, 2.75) is 38.8 Å². The molecular formula is C12H18N2O. The van der Waals surface area contributed by atoms with Crippen LogP contribution in [-0.4, -0.2) is 22.2 Å². The normalized spacial score (nSPS) is 19.5. The van der Waals surface area contributed by atoms with Gasteiger partial charge in [0.2, 0.25) is 0 Å². The summed E-state index contributed by atoms with van der Waals surface area (Å²) >= 11 is 0. The van der Waals surface area contributed by atoms with Crippen LogP contribution in [0.5, 0.6) is 0 Å². The monoisotopic (exact) mass is 206 g/mol. The maximum absolute atomic E-state index is 9.05. The van der Waals surface area contributed by atoms with Crippen LogP contribution in [0.1, 0.15) is 32.4 Å². The summed E-state index contributed by atoms with van der Waals surface area (Å²) in [5.41, 5.74) is 2.15. The van der Waals surface area contributed by atoms with Crippen LogP contribution in [0.4, 0.5) is 5.69 Å². The van der Waals surface area contributed by atoms with Crippen LogP contribution in [0, 0.1) is 0 Å². The molecule has 0 saturated carbocycles. The minimum Gasteiger partial charge on any atom is -0.390 e. The van der Waals surface area contributed by atoms with Gasteiger partial charge in [0.1, 0.15) is 0 Å². The van der Waals surface area contributed by atoms with Gasteiger partial charge in [-0.15, -0.1) is 0 Å². The third-order valence-corrected chi connectivity index (χ3v) is 3.17. The van der Waals surface area contributed by atoms with E-state index in [2.05, 4.69) is 23.7 Å². The van der Waals surface area contributed by atoms with Gasteiger partial charge in [-0.3, -0.25) is 4.98 Å². The van der Waals surface area contributed by atoms with Crippen molar-refractivity contribution < 1.29 is 5.11 Å². The van der Waals surface area contributed by atoms with Crippen molar-refractivity contribution in [2.24, 2.45) is 0 Å². The van der Waals surface area contributed by atoms with E-state index in [9.17, 15) is 0 Å². The van der Waals surface area contributed by atoms with Crippen LogP contribution < -0.4 is 4.90 Å². The van der Waals surface area contributed by atoms with Crippen molar-refractivity contribution >= 4 is 5.69 Å². The largest absolute Gasteiger partial charge is 0.390 e. The molecule has 0 aromatic carbocycles. The molecule has 1 fully saturated rings. The number of hydrogen-bond acceptors (Lipinski definition) is 3. The van der Waals surface area contributed by atoms with Gasteiger partial charge in [0, 0.05) is 24.0 Å². The number of aromatic nitrogens is 1. The average molecular weight is 206 g/mol. The van der Waals surface area contributed by atoms with E-state index >= 15 is 0 Å². The van der Waals surface area contributed by atoms with E-state index in [1.54, 1.807) is 6.20 Å². The zero-order valence-electron chi connectivity index (χ0n) is 9.40. The number of aliphatic hydroxyl groups is 1. The standard InChI is InChI=1S/C12H18N2O/c1-12(2)5-3-7-14(12)11-4-6-13-10(8-11)9-15/h4,6,8,15H,3,5,7,9H2,1-2H3. The lowest BCUT2D eigenvalue weighted by atomic mass is 10.0. The molecule has 0 unspecified atom stereocenters. The van der Waals surface area contributed by atoms with Crippen molar-refractivity contribution in [1.82, 2.24) is 4.98 Å². The Bertz CT molecular complexity index is 349. The van der Waals surface area contributed by atoms with Crippen LogP contribution >= 0.6 is 0 Å². The zero-order valence-corrected chi connectivity index (χ0v) is 9.40. The molecule has 82 valence electrons. The molecule has 0 radical (unpaired) electrons. The second kappa shape index (κ2) is 3.81. The first-order valence-electron chi connectivity index (χ1n) is 5.47. The summed E-state index contributed by atoms with van der Waals surface area (Å²) in [6.07, 6.45) is 4.24. The van der Waals surface area contributed by atoms with E-state index in [1.165, 1.54) is 18.5 Å². The van der Waals surface area contributed by atoms with Crippen molar-refractivity contribution in [1.29, 1.82) is 0 Å². The Hall–Kier alpha value is -1.09. The molecule has 0 atom stereocenters. The van der Waals surface area contributed by atoms with Crippen LogP contribution in [0.25, 0.3) is 0 Å². The van der Waals surface area contributed by atoms with E-state index in [1.807, 2.05) is 12.1 Å². The van der Waals surface area contributed by atoms with Gasteiger partial charge in [-0.1, -0.05) is 0 Å². The second-order valence-corrected chi connectivity index (χ2v) is 4.73. The molecule has 0 aliphatic carbocycles. The van der Waals surface area contributed by atoms with E-state index in [0.29, 0.717) is 0 Å². The molecule has 0 spiro atoms. The Balaban J connectivity index is 2.29. The van der Waals surface area contributed by atoms with Crippen LogP contribution in [0.3, 0.4) is 0 Å². The molecule has 1 aromatic rings. The molecule has 0 bridgehead atoms. The highest BCUT2D eigenvalue weighted by Gasteiger charge is 2.31. The molecule has 1 aliphatic heterocycles. The Labute approximate surface area is 90.8 Å². The summed E-state index contributed by atoms with van der Waals surface area (Å²) in [7, 11) is 0. The fourth-order valence-electron chi connectivity index (χ4n) is 2.31. The summed E-state index contributed by atoms with van der Waals surface area (Å²) < 4.78 is 0. The first-order chi connectivity index (χ1) is 7.13. The van der Waals surface area contributed by atoms with E-state index in [-0.39, 0.29) is 12.1 Å². The predicted molar refractivity (Wildman–Crippen MR) is 60.8 cm³/mol. The Morgan fingerprint density at radius 3 is 2.93 bits per heavy atom. The topological polar surface area (TPSA) is 36.4 Å². The van der Waals surface area contributed by atoms with Gasteiger partial charge in [0.05, 0.1) is 12.3 Å². The number of rotatable bonds is 2. The lowest BCUT2D eigenvalue weighted by Crippen LogP contribution is -2.38. The Kier molecular flexibility index (Phi) is 2.65. The molecule has 3 heteroatoms. The molecule has 15 heavy (non-hydrogen) atoms. The van der Waals surface area contributed by atoms with Crippen molar-refractivity contribution in [3.05, 3.63) is 24.0 Å². The third kappa shape index (κ3) is 1.97. The summed E-state index contributed by atoms with van der Waals surface area (Å²) in [6, 6.07) is 4.00. The number of nitrogens with zero attached hydrogens (tertiary/aromatic N) is 2. The van der Waals surface area contributed by atoms with Crippen molar-refractivity contribution in [2.75, 3.05) is 11.4 Å². The van der Waals surface area contributed by atoms with Gasteiger partial charge in [-0.25, -0.2) is 0 Å². The van der Waals surface area contributed by atoms with E-state index in [0.717, 1.165) is 12.2 Å². The quantitative estimate of drug-likeness (QED) is 0.803. The van der Waals surface area contributed by atoms with Gasteiger partial charge >= 0.3 is 0 Å². The minimum atomic E-state index is 0.0160. The third-order valence-electron chi connectivity index (χ3n) is 3.17. The molecule has 2 heterocycles. The number of pyridine rings is 1. The number of hydrogen-bond donors (Lipinski definition) is 1. The first kappa shape index (κ1) is 10.4. The van der Waals surface area contributed by atoms with Gasteiger partial charge < -0.3 is 10.0 Å². The van der Waals surface area contributed by atoms with Gasteiger partial charge in [-0.05, 0) is 38.8 Å². The van der Waals surface area contributed by atoms with E-state index in [4.69, 9.17) is 5.11 Å². The highest BCUT2D eigenvalue weighted by atomic mass is 16.3. The number of aliphatic hydroxyl groups excluding tert-OH is 1. The van der Waals surface area contributed by atoms with Crippen LogP contribution in [0.15, 0.2) is 18.3 Å². The fraction of sp³-hybridized carbons (Fsp3) is 0.583. The summed E-state index contributed by atoms with van der Waals surface area (Å²) in [4.78, 5) is 6.50. The second-order valence-electron chi connectivity index (χ2n) is 4.73. The highest BCUT2D eigenvalue weighted by molar-refractivity contribution is 5.50. The van der Waals surface area contributed by atoms with Gasteiger partial charge in [-0.2, -0.15) is 0 Å². The van der Waals surface area contributed by atoms with Gasteiger partial charge in [0.25, 0.3) is 0 Å². The molecule has 1 N–H and O–H groups in total. The van der Waals surface area contributed by atoms with Crippen LogP contribution in [0.2, 0.25) is 0 Å². The minimum absolute atomic E-state index is 0.0160. The molecular weight excluding hydrogens is 188 g/mol. The summed E-state index contributed by atoms with van der Waals surface area (Å²) in [5, 5.41) is 9.05. The smallest absolute Gasteiger partial charge is 0.0853 e. The molecule has 1 aromatic heterocycles. The average Bonchev–Trinajstić information content (AvgIpc) is 2.58. The van der Waals surface area contributed by atoms with E-state index < -0.39 is 0 Å². The molecule has 1 aliphatic rings. The predicted octanol–water partition coefficient (Wildman–Crippen LogP) is 1.95. The zero-order chi connectivity index (χ0) is 10.9. The maximum Gasteiger partial charge on any atom is 0.0853 e. The highest BCUT2D eigenvalue weighted by Crippen LogP contribution is 2.33. The molecule has 3 nitrogen and oxygen atoms in total. The lowest BCUT2D eigenvalue weighted by molar-refractivity contribution is 0.277. The fourth-order valence-corrected chi connectivity index (χ4v) is 2.31. The summed E-state index contributed by atoms with van der Waals surface area (Å²) in [6.45, 7) is 5.64. The van der Waals surface area contributed by atoms with Crippen molar-refractivity contribution in [3.63, 3.8) is 0 Å². The SMILES string of the molecule is CC1(C)CCCN1c1ccnc(CO)c1. The lowest BCUT2D eigenvalue weighted by Gasteiger charge is -2.33. The van der Waals surface area contributed by atoms with Crippen LogP contribution in [-0.2, 0) is 6.61 Å². The maximum atomic E-state index is 9.05. The summed E-state index contributed by atoms with van der Waals surface area (Å²) in [5.74, 6) is 0. The Morgan fingerprint density at radius 1 is 1.53 bits per heavy atom.